The van der Waals surface area contributed by atoms with Crippen LogP contribution in [0, 0.1) is 0 Å². The van der Waals surface area contributed by atoms with E-state index >= 15 is 0 Å². The quantitative estimate of drug-likeness (QED) is 0.543. The van der Waals surface area contributed by atoms with Crippen molar-refractivity contribution in [1.82, 2.24) is 5.32 Å². The number of carboxylic acid groups (broad SMARTS) is 1. The number of carbonyl (C=O) groups is 2. The Morgan fingerprint density at radius 2 is 1.87 bits per heavy atom. The van der Waals surface area contributed by atoms with Crippen LogP contribution in [0.2, 0.25) is 0 Å². The molecule has 0 aromatic rings. The van der Waals surface area contributed by atoms with E-state index in [2.05, 4.69) is 21.5 Å². The number of hydrogen-bond acceptors (Lipinski definition) is 2. The van der Waals surface area contributed by atoms with Gasteiger partial charge in [-0.05, 0) is 12.6 Å². The molecule has 4 nitrogen and oxygen atoms in total. The Morgan fingerprint density at radius 3 is 2.13 bits per heavy atom. The summed E-state index contributed by atoms with van der Waals surface area (Å²) in [4.78, 5) is 19.7. The molecule has 2 N–H and O–H groups in total. The first kappa shape index (κ1) is 16.8. The second-order valence-corrected chi connectivity index (χ2v) is 3.73. The van der Waals surface area contributed by atoms with Crippen LogP contribution in [0.1, 0.15) is 39.5 Å². The third-order valence-corrected chi connectivity index (χ3v) is 1.95. The molecule has 0 aromatic carbocycles. The molecule has 0 aromatic heterocycles. The molecule has 0 radical (unpaired) electrons. The summed E-state index contributed by atoms with van der Waals surface area (Å²) in [6, 6.07) is 0. The lowest BCUT2D eigenvalue weighted by Gasteiger charge is -1.92. The Kier molecular flexibility index (Phi) is 15.0. The normalized spacial score (nSPS) is 8.73. The van der Waals surface area contributed by atoms with Gasteiger partial charge in [0.15, 0.2) is 0 Å². The van der Waals surface area contributed by atoms with Crippen molar-refractivity contribution in [2.45, 2.75) is 39.5 Å². The van der Waals surface area contributed by atoms with Crippen LogP contribution in [0.15, 0.2) is 0 Å². The number of rotatable bonds is 6. The largest absolute Gasteiger partial charge is 0.480 e. The number of hydrogen-bond donors (Lipinski definition) is 2. The molecule has 1 unspecified atom stereocenters. The minimum atomic E-state index is -1.03. The summed E-state index contributed by atoms with van der Waals surface area (Å²) in [5, 5.41) is 10.1. The van der Waals surface area contributed by atoms with Gasteiger partial charge in [-0.15, -0.1) is 9.24 Å². The van der Waals surface area contributed by atoms with Gasteiger partial charge in [0.1, 0.15) is 6.54 Å². The highest BCUT2D eigenvalue weighted by atomic mass is 31.0. The lowest BCUT2D eigenvalue weighted by Crippen LogP contribution is -2.26. The van der Waals surface area contributed by atoms with Gasteiger partial charge in [-0.2, -0.15) is 0 Å². The Morgan fingerprint density at radius 1 is 1.27 bits per heavy atom. The maximum Gasteiger partial charge on any atom is 0.322 e. The van der Waals surface area contributed by atoms with E-state index in [-0.39, 0.29) is 12.5 Å². The molecule has 0 saturated heterocycles. The minimum absolute atomic E-state index is 0.296. The fraction of sp³-hybridized carbons (Fsp3) is 0.800. The molecular formula is C10H22NO3P. The van der Waals surface area contributed by atoms with Crippen LogP contribution in [0.4, 0.5) is 0 Å². The summed E-state index contributed by atoms with van der Waals surface area (Å²) in [7, 11) is 2.75. The highest BCUT2D eigenvalue weighted by molar-refractivity contribution is 7.16. The van der Waals surface area contributed by atoms with E-state index in [4.69, 9.17) is 5.11 Å². The first-order valence-electron chi connectivity index (χ1n) is 5.20. The highest BCUT2D eigenvalue weighted by Gasteiger charge is 1.94. The number of carbonyl (C=O) groups excluding carboxylic acids is 1. The fourth-order valence-electron chi connectivity index (χ4n) is 0.771. The Hall–Kier alpha value is -0.630. The zero-order valence-electron chi connectivity index (χ0n) is 9.58. The van der Waals surface area contributed by atoms with E-state index in [1.54, 1.807) is 0 Å². The molecule has 0 aliphatic carbocycles. The van der Waals surface area contributed by atoms with Crippen LogP contribution in [0.3, 0.4) is 0 Å². The van der Waals surface area contributed by atoms with E-state index in [1.807, 2.05) is 0 Å². The molecular weight excluding hydrogens is 213 g/mol. The third-order valence-electron chi connectivity index (χ3n) is 1.55. The highest BCUT2D eigenvalue weighted by Crippen LogP contribution is 2.00. The van der Waals surface area contributed by atoms with Gasteiger partial charge in [0.25, 0.3) is 0 Å². The standard InChI is InChI=1S/C6H15P.C4H7NO3/c1-2-3-4-5-6-7;1-3(6)5-2-4(7)8/h2-7H2,1H3;2H2,1H3,(H,5,6)(H,7,8). The fourth-order valence-corrected chi connectivity index (χ4v) is 1.06. The zero-order valence-corrected chi connectivity index (χ0v) is 10.7. The smallest absolute Gasteiger partial charge is 0.322 e. The summed E-state index contributed by atoms with van der Waals surface area (Å²) in [6.07, 6.45) is 6.84. The molecule has 0 saturated carbocycles. The molecule has 1 atom stereocenters. The second kappa shape index (κ2) is 13.4. The summed E-state index contributed by atoms with van der Waals surface area (Å²) in [5.74, 6) is -1.35. The summed E-state index contributed by atoms with van der Waals surface area (Å²) in [6.45, 7) is 3.21. The minimum Gasteiger partial charge on any atom is -0.480 e. The Bertz CT molecular complexity index is 156. The SMILES string of the molecule is CC(=O)NCC(=O)O.CCCCCCP. The van der Waals surface area contributed by atoms with Crippen LogP contribution < -0.4 is 5.32 Å². The van der Waals surface area contributed by atoms with Crippen molar-refractivity contribution in [2.75, 3.05) is 12.7 Å². The lowest BCUT2D eigenvalue weighted by molar-refractivity contribution is -0.137. The molecule has 90 valence electrons. The molecule has 5 heteroatoms. The van der Waals surface area contributed by atoms with Gasteiger partial charge in [0.05, 0.1) is 0 Å². The van der Waals surface area contributed by atoms with E-state index < -0.39 is 5.97 Å². The molecule has 1 amide bonds. The van der Waals surface area contributed by atoms with Crippen molar-refractivity contribution >= 4 is 21.1 Å². The monoisotopic (exact) mass is 235 g/mol. The summed E-state index contributed by atoms with van der Waals surface area (Å²) in [5.41, 5.74) is 0. The van der Waals surface area contributed by atoms with Gasteiger partial charge in [0, 0.05) is 6.92 Å². The van der Waals surface area contributed by atoms with Gasteiger partial charge >= 0.3 is 5.97 Å². The predicted molar refractivity (Wildman–Crippen MR) is 65.0 cm³/mol. The van der Waals surface area contributed by atoms with Crippen molar-refractivity contribution in [3.63, 3.8) is 0 Å². The van der Waals surface area contributed by atoms with Gasteiger partial charge < -0.3 is 10.4 Å². The van der Waals surface area contributed by atoms with Crippen LogP contribution in [0.25, 0.3) is 0 Å². The van der Waals surface area contributed by atoms with E-state index in [0.29, 0.717) is 0 Å². The van der Waals surface area contributed by atoms with E-state index in [0.717, 1.165) is 0 Å². The summed E-state index contributed by atoms with van der Waals surface area (Å²) < 4.78 is 0. The number of unbranched alkanes of at least 4 members (excludes halogenated alkanes) is 3. The van der Waals surface area contributed by atoms with Crippen molar-refractivity contribution in [2.24, 2.45) is 0 Å². The molecule has 0 rings (SSSR count). The average molecular weight is 235 g/mol. The molecule has 0 fully saturated rings. The lowest BCUT2D eigenvalue weighted by atomic mass is 10.2. The molecule has 0 spiro atoms. The number of carboxylic acids is 1. The number of nitrogens with one attached hydrogen (secondary N) is 1. The second-order valence-electron chi connectivity index (χ2n) is 3.15. The van der Waals surface area contributed by atoms with Crippen molar-refractivity contribution in [1.29, 1.82) is 0 Å². The van der Waals surface area contributed by atoms with Crippen molar-refractivity contribution in [3.8, 4) is 0 Å². The average Bonchev–Trinajstić information content (AvgIpc) is 2.17. The van der Waals surface area contributed by atoms with E-state index in [9.17, 15) is 9.59 Å². The Labute approximate surface area is 94.0 Å². The third kappa shape index (κ3) is 24.7. The van der Waals surface area contributed by atoms with Gasteiger partial charge in [-0.3, -0.25) is 9.59 Å². The first-order valence-corrected chi connectivity index (χ1v) is 6.02. The van der Waals surface area contributed by atoms with Gasteiger partial charge in [-0.1, -0.05) is 26.2 Å². The number of aliphatic carboxylic acids is 1. The first-order chi connectivity index (χ1) is 7.04. The predicted octanol–water partition coefficient (Wildman–Crippen LogP) is 1.65. The topological polar surface area (TPSA) is 66.4 Å². The van der Waals surface area contributed by atoms with E-state index in [1.165, 1.54) is 38.8 Å². The molecule has 0 aliphatic rings. The van der Waals surface area contributed by atoms with Crippen LogP contribution in [-0.2, 0) is 9.59 Å². The molecule has 0 heterocycles. The van der Waals surface area contributed by atoms with Gasteiger partial charge in [0.2, 0.25) is 5.91 Å². The van der Waals surface area contributed by atoms with Crippen LogP contribution >= 0.6 is 9.24 Å². The summed E-state index contributed by atoms with van der Waals surface area (Å²) >= 11 is 0. The van der Waals surface area contributed by atoms with Crippen LogP contribution in [0.5, 0.6) is 0 Å². The van der Waals surface area contributed by atoms with Crippen molar-refractivity contribution < 1.29 is 14.7 Å². The van der Waals surface area contributed by atoms with Crippen LogP contribution in [-0.4, -0.2) is 29.7 Å². The Balaban J connectivity index is 0. The molecule has 15 heavy (non-hydrogen) atoms. The van der Waals surface area contributed by atoms with Crippen molar-refractivity contribution in [3.05, 3.63) is 0 Å². The molecule has 0 bridgehead atoms. The maximum absolute atomic E-state index is 9.97. The molecule has 0 aliphatic heterocycles. The number of amides is 1. The zero-order chi connectivity index (χ0) is 12.1. The maximum atomic E-state index is 9.97. The van der Waals surface area contributed by atoms with Gasteiger partial charge in [-0.25, -0.2) is 0 Å².